The maximum absolute atomic E-state index is 12.1. The Morgan fingerprint density at radius 2 is 1.72 bits per heavy atom. The number of nitriles is 1. The number of carboxylic acids is 1. The van der Waals surface area contributed by atoms with E-state index in [-0.39, 0.29) is 19.3 Å². The van der Waals surface area contributed by atoms with Crippen LogP contribution in [0.25, 0.3) is 11.1 Å². The highest BCUT2D eigenvalue weighted by molar-refractivity contribution is 6.32. The van der Waals surface area contributed by atoms with Crippen molar-refractivity contribution in [2.24, 2.45) is 5.41 Å². The van der Waals surface area contributed by atoms with Gasteiger partial charge in [0, 0.05) is 49.2 Å². The van der Waals surface area contributed by atoms with Gasteiger partial charge in [-0.15, -0.1) is 0 Å². The van der Waals surface area contributed by atoms with Gasteiger partial charge >= 0.3 is 5.97 Å². The second-order valence-electron chi connectivity index (χ2n) is 16.1. The van der Waals surface area contributed by atoms with Crippen LogP contribution < -0.4 is 14.2 Å². The van der Waals surface area contributed by atoms with Crippen LogP contribution >= 0.6 is 11.6 Å². The monoisotopic (exact) mass is 792 g/mol. The molecule has 2 aliphatic heterocycles. The number of rotatable bonds is 15. The number of aliphatic hydroxyl groups is 1. The third-order valence-corrected chi connectivity index (χ3v) is 12.4. The minimum atomic E-state index is -0.831. The molecule has 4 aromatic rings. The molecule has 0 radical (unpaired) electrons. The summed E-state index contributed by atoms with van der Waals surface area (Å²) in [6, 6.07) is 19.3. The smallest absolute Gasteiger partial charge is 0.320 e. The predicted octanol–water partition coefficient (Wildman–Crippen LogP) is 8.49. The zero-order chi connectivity index (χ0) is 39.9. The Morgan fingerprint density at radius 1 is 0.930 bits per heavy atom. The minimum Gasteiger partial charge on any atom is -0.493 e. The van der Waals surface area contributed by atoms with Crippen molar-refractivity contribution in [3.05, 3.63) is 105 Å². The van der Waals surface area contributed by atoms with Crippen LogP contribution in [0.2, 0.25) is 5.02 Å². The van der Waals surface area contributed by atoms with Crippen molar-refractivity contribution in [2.75, 3.05) is 32.8 Å². The highest BCUT2D eigenvalue weighted by Gasteiger charge is 2.45. The van der Waals surface area contributed by atoms with E-state index in [2.05, 4.69) is 54.1 Å². The molecule has 1 saturated carbocycles. The molecule has 0 unspecified atom stereocenters. The molecule has 1 atom stereocenters. The van der Waals surface area contributed by atoms with Gasteiger partial charge in [0.05, 0.1) is 23.3 Å². The Morgan fingerprint density at radius 3 is 2.51 bits per heavy atom. The van der Waals surface area contributed by atoms with Crippen LogP contribution in [0.1, 0.15) is 84.7 Å². The fourth-order valence-corrected chi connectivity index (χ4v) is 9.25. The fraction of sp³-hybridized carbons (Fsp3) is 0.457. The summed E-state index contributed by atoms with van der Waals surface area (Å²) < 4.78 is 19.1. The van der Waals surface area contributed by atoms with Crippen molar-refractivity contribution in [3.8, 4) is 34.4 Å². The van der Waals surface area contributed by atoms with Crippen LogP contribution in [-0.4, -0.2) is 75.9 Å². The number of aromatic nitrogens is 1. The Kier molecular flexibility index (Phi) is 13.0. The lowest BCUT2D eigenvalue weighted by Crippen LogP contribution is -2.52. The van der Waals surface area contributed by atoms with Crippen LogP contribution in [0, 0.1) is 30.6 Å². The average molecular weight is 793 g/mol. The lowest BCUT2D eigenvalue weighted by atomic mass is 9.62. The molecule has 7 rings (SSSR count). The van der Waals surface area contributed by atoms with E-state index in [0.717, 1.165) is 96.4 Å². The van der Waals surface area contributed by atoms with Crippen LogP contribution in [0.5, 0.6) is 17.2 Å². The molecule has 2 N–H and O–H groups in total. The first-order valence-electron chi connectivity index (χ1n) is 20.2. The van der Waals surface area contributed by atoms with Crippen molar-refractivity contribution in [1.29, 1.82) is 5.26 Å². The van der Waals surface area contributed by atoms with Gasteiger partial charge in [-0.2, -0.15) is 5.26 Å². The van der Waals surface area contributed by atoms with E-state index in [1.807, 2.05) is 23.1 Å². The molecule has 1 aromatic heterocycles. The number of carboxylic acid groups (broad SMARTS) is 1. The Balaban J connectivity index is 1.03. The third kappa shape index (κ3) is 9.73. The number of benzene rings is 3. The summed E-state index contributed by atoms with van der Waals surface area (Å²) in [6.07, 6.45) is 10.7. The first kappa shape index (κ1) is 40.5. The lowest BCUT2D eigenvalue weighted by Gasteiger charge is -2.51. The van der Waals surface area contributed by atoms with Crippen LogP contribution in [-0.2, 0) is 24.6 Å². The maximum Gasteiger partial charge on any atom is 0.320 e. The molecular formula is C46H53ClN4O6. The van der Waals surface area contributed by atoms with E-state index in [9.17, 15) is 20.3 Å². The van der Waals surface area contributed by atoms with Crippen molar-refractivity contribution in [1.82, 2.24) is 14.8 Å². The predicted molar refractivity (Wildman–Crippen MR) is 220 cm³/mol. The molecule has 10 nitrogen and oxygen atoms in total. The number of aliphatic hydroxyl groups excluding tert-OH is 1. The number of halogens is 1. The number of pyridine rings is 1. The van der Waals surface area contributed by atoms with Gasteiger partial charge in [0.2, 0.25) is 0 Å². The second kappa shape index (κ2) is 18.3. The number of carbonyl (C=O) groups is 1. The Hall–Kier alpha value is -4.66. The maximum atomic E-state index is 12.1. The zero-order valence-corrected chi connectivity index (χ0v) is 33.8. The van der Waals surface area contributed by atoms with E-state index >= 15 is 0 Å². The van der Waals surface area contributed by atoms with Gasteiger partial charge in [-0.3, -0.25) is 14.7 Å². The van der Waals surface area contributed by atoms with Gasteiger partial charge in [0.15, 0.2) is 0 Å². The number of ether oxygens (including phenoxy) is 3. The number of piperidine rings is 2. The third-order valence-electron chi connectivity index (χ3n) is 12.1. The van der Waals surface area contributed by atoms with Gasteiger partial charge in [-0.05, 0) is 123 Å². The number of nitrogens with zero attached hydrogens (tertiary/aromatic N) is 4. The highest BCUT2D eigenvalue weighted by atomic mass is 35.5. The molecule has 0 amide bonds. The number of hydrogen-bond donors (Lipinski definition) is 2. The molecule has 0 bridgehead atoms. The number of hydrogen-bond acceptors (Lipinski definition) is 9. The normalized spacial score (nSPS) is 21.1. The van der Waals surface area contributed by atoms with Crippen LogP contribution in [0.3, 0.4) is 0 Å². The molecule has 1 aliphatic carbocycles. The summed E-state index contributed by atoms with van der Waals surface area (Å²) in [4.78, 5) is 20.8. The average Bonchev–Trinajstić information content (AvgIpc) is 3.20. The summed E-state index contributed by atoms with van der Waals surface area (Å²) in [6.45, 7) is 9.55. The Bertz CT molecular complexity index is 2090. The van der Waals surface area contributed by atoms with E-state index in [4.69, 9.17) is 25.8 Å². The summed E-state index contributed by atoms with van der Waals surface area (Å²) in [5.41, 5.74) is 7.68. The van der Waals surface area contributed by atoms with Gasteiger partial charge in [-0.25, -0.2) is 0 Å². The topological polar surface area (TPSA) is 128 Å². The summed E-state index contributed by atoms with van der Waals surface area (Å²) in [5.74, 6) is 1.04. The SMILES string of the molecule is Cc1c(COc2cc(OCc3cncc(C#N)c3)c(CN3CCCC[C@H]3C(=O)O)cc2Cl)cccc1-c1cccc(OCCCN2CCCC3(CC(O)C3)C2)c1C. The Labute approximate surface area is 341 Å². The number of aliphatic carboxylic acids is 1. The summed E-state index contributed by atoms with van der Waals surface area (Å²) in [7, 11) is 0. The molecule has 3 heterocycles. The second-order valence-corrected chi connectivity index (χ2v) is 16.6. The van der Waals surface area contributed by atoms with E-state index in [1.165, 1.54) is 19.0 Å². The zero-order valence-electron chi connectivity index (χ0n) is 33.0. The van der Waals surface area contributed by atoms with E-state index < -0.39 is 12.0 Å². The molecular weight excluding hydrogens is 740 g/mol. The summed E-state index contributed by atoms with van der Waals surface area (Å²) >= 11 is 6.88. The summed E-state index contributed by atoms with van der Waals surface area (Å²) in [5, 5.41) is 29.6. The molecule has 3 fully saturated rings. The quantitative estimate of drug-likeness (QED) is 0.113. The number of likely N-dealkylation sites (tertiary alicyclic amines) is 2. The molecule has 3 aliphatic rings. The molecule has 57 heavy (non-hydrogen) atoms. The van der Waals surface area contributed by atoms with Crippen LogP contribution in [0.15, 0.2) is 67.0 Å². The standard InChI is InChI=1S/C46H53ClN4O6/c1-31-35(9-5-10-38(31)39-11-6-13-42(32(39)2)55-18-8-16-50-15-7-14-46(30-50)22-37(52)23-46)29-57-44-21-43(56-28-34-19-33(24-48)25-49-26-34)36(20-40(44)47)27-51-17-4-3-12-41(51)45(53)54/h5-6,9-11,13,19-21,25-26,37,41,52H,3-4,7-8,12,14-18,22-23,27-30H2,1-2H3,(H,53,54)/t37?,41-,46?/m0/s1. The highest BCUT2D eigenvalue weighted by Crippen LogP contribution is 2.47. The van der Waals surface area contributed by atoms with Crippen LogP contribution in [0.4, 0.5) is 0 Å². The molecule has 300 valence electrons. The lowest BCUT2D eigenvalue weighted by molar-refractivity contribution is -0.144. The van der Waals surface area contributed by atoms with Crippen molar-refractivity contribution in [3.63, 3.8) is 0 Å². The molecule has 2 saturated heterocycles. The minimum absolute atomic E-state index is 0.109. The largest absolute Gasteiger partial charge is 0.493 e. The fourth-order valence-electron chi connectivity index (χ4n) is 9.01. The van der Waals surface area contributed by atoms with Gasteiger partial charge in [0.1, 0.15) is 42.6 Å². The van der Waals surface area contributed by atoms with E-state index in [0.29, 0.717) is 53.6 Å². The first-order valence-corrected chi connectivity index (χ1v) is 20.6. The van der Waals surface area contributed by atoms with Gasteiger partial charge < -0.3 is 29.3 Å². The molecule has 1 spiro atoms. The first-order chi connectivity index (χ1) is 27.6. The molecule has 11 heteroatoms. The van der Waals surface area contributed by atoms with E-state index in [1.54, 1.807) is 18.3 Å². The van der Waals surface area contributed by atoms with Gasteiger partial charge in [-0.1, -0.05) is 48.4 Å². The van der Waals surface area contributed by atoms with Crippen molar-refractivity contribution < 1.29 is 29.2 Å². The van der Waals surface area contributed by atoms with Gasteiger partial charge in [0.25, 0.3) is 0 Å². The molecule has 3 aromatic carbocycles. The van der Waals surface area contributed by atoms with Crippen molar-refractivity contribution in [2.45, 2.75) is 97.1 Å². The van der Waals surface area contributed by atoms with Crippen molar-refractivity contribution >= 4 is 17.6 Å².